The van der Waals surface area contributed by atoms with Gasteiger partial charge in [-0.3, -0.25) is 4.79 Å². The highest BCUT2D eigenvalue weighted by molar-refractivity contribution is 9.10. The second kappa shape index (κ2) is 9.28. The lowest BCUT2D eigenvalue weighted by molar-refractivity contribution is 0.101. The number of nitrogens with zero attached hydrogens (tertiary/aromatic N) is 2. The van der Waals surface area contributed by atoms with Crippen molar-refractivity contribution >= 4 is 35.8 Å². The topological polar surface area (TPSA) is 77.2 Å². The molecule has 2 rings (SSSR count). The molecule has 0 aliphatic carbocycles. The summed E-state index contributed by atoms with van der Waals surface area (Å²) in [6.07, 6.45) is 0. The quantitative estimate of drug-likeness (QED) is 0.483. The van der Waals surface area contributed by atoms with Crippen LogP contribution in [-0.2, 0) is 11.0 Å². The molecule has 0 aliphatic rings. The van der Waals surface area contributed by atoms with Gasteiger partial charge in [0.25, 0.3) is 5.91 Å². The molecule has 1 aromatic heterocycles. The van der Waals surface area contributed by atoms with Gasteiger partial charge in [0.2, 0.25) is 8.32 Å². The first-order valence-electron chi connectivity index (χ1n) is 9.31. The predicted octanol–water partition coefficient (Wildman–Crippen LogP) is 5.92. The molecule has 0 saturated carbocycles. The zero-order valence-electron chi connectivity index (χ0n) is 17.0. The van der Waals surface area contributed by atoms with E-state index in [0.717, 1.165) is 0 Å². The second-order valence-electron chi connectivity index (χ2n) is 7.75. The number of carbonyl (C=O) groups is 1. The Bertz CT molecular complexity index is 805. The normalized spacial score (nSPS) is 12.2. The van der Waals surface area contributed by atoms with Crippen molar-refractivity contribution < 1.29 is 18.2 Å². The summed E-state index contributed by atoms with van der Waals surface area (Å²) in [5.74, 6) is -0.892. The minimum atomic E-state index is -2.12. The average molecular weight is 472 g/mol. The molecule has 0 aliphatic heterocycles. The lowest BCUT2D eigenvalue weighted by Gasteiger charge is -2.41. The maximum Gasteiger partial charge on any atom is 0.279 e. The fourth-order valence-electron chi connectivity index (χ4n) is 3.93. The van der Waals surface area contributed by atoms with E-state index in [4.69, 9.17) is 9.06 Å². The van der Waals surface area contributed by atoms with Crippen molar-refractivity contribution in [2.75, 3.05) is 5.32 Å². The van der Waals surface area contributed by atoms with Gasteiger partial charge in [0.1, 0.15) is 11.5 Å². The van der Waals surface area contributed by atoms with Crippen LogP contribution in [0, 0.1) is 5.82 Å². The number of halogens is 2. The van der Waals surface area contributed by atoms with Gasteiger partial charge < -0.3 is 9.74 Å². The summed E-state index contributed by atoms with van der Waals surface area (Å²) >= 11 is 3.10. The van der Waals surface area contributed by atoms with Gasteiger partial charge in [-0.2, -0.15) is 0 Å². The van der Waals surface area contributed by atoms with Crippen LogP contribution in [-0.4, -0.2) is 24.5 Å². The van der Waals surface area contributed by atoms with Crippen molar-refractivity contribution in [1.29, 1.82) is 0 Å². The minimum absolute atomic E-state index is 0.0691. The maximum atomic E-state index is 13.4. The van der Waals surface area contributed by atoms with Crippen LogP contribution in [0.3, 0.4) is 0 Å². The number of aromatic nitrogens is 2. The molecule has 0 radical (unpaired) electrons. The van der Waals surface area contributed by atoms with Crippen molar-refractivity contribution in [1.82, 2.24) is 10.3 Å². The molecule has 28 heavy (non-hydrogen) atoms. The van der Waals surface area contributed by atoms with E-state index >= 15 is 0 Å². The van der Waals surface area contributed by atoms with Gasteiger partial charge in [0.05, 0.1) is 11.1 Å². The van der Waals surface area contributed by atoms with E-state index in [-0.39, 0.29) is 16.8 Å². The SMILES string of the molecule is CC(C)[Si](OCc1nonc1C(=O)Nc1ccc(F)c(Br)c1)(C(C)C)C(C)C. The molecular formula is C19H27BrFN3O3Si. The van der Waals surface area contributed by atoms with E-state index in [1.807, 2.05) is 0 Å². The third-order valence-corrected chi connectivity index (χ3v) is 11.8. The largest absolute Gasteiger partial charge is 0.410 e. The van der Waals surface area contributed by atoms with Gasteiger partial charge >= 0.3 is 0 Å². The van der Waals surface area contributed by atoms with E-state index in [1.54, 1.807) is 0 Å². The average Bonchev–Trinajstić information content (AvgIpc) is 3.06. The monoisotopic (exact) mass is 471 g/mol. The van der Waals surface area contributed by atoms with Crippen molar-refractivity contribution in [3.63, 3.8) is 0 Å². The molecule has 0 unspecified atom stereocenters. The van der Waals surface area contributed by atoms with Crippen LogP contribution < -0.4 is 5.32 Å². The lowest BCUT2D eigenvalue weighted by atomic mass is 10.2. The molecule has 0 atom stereocenters. The first-order chi connectivity index (χ1) is 13.1. The first kappa shape index (κ1) is 22.7. The third kappa shape index (κ3) is 4.69. The smallest absolute Gasteiger partial charge is 0.279 e. The van der Waals surface area contributed by atoms with E-state index in [2.05, 4.69) is 73.1 Å². The predicted molar refractivity (Wildman–Crippen MR) is 112 cm³/mol. The Labute approximate surface area is 174 Å². The van der Waals surface area contributed by atoms with Gasteiger partial charge in [-0.1, -0.05) is 46.7 Å². The highest BCUT2D eigenvalue weighted by Gasteiger charge is 2.45. The van der Waals surface area contributed by atoms with Crippen LogP contribution in [0.5, 0.6) is 0 Å². The van der Waals surface area contributed by atoms with Gasteiger partial charge in [-0.25, -0.2) is 9.02 Å². The molecule has 1 N–H and O–H groups in total. The van der Waals surface area contributed by atoms with Crippen LogP contribution in [0.15, 0.2) is 27.3 Å². The number of rotatable bonds is 8. The van der Waals surface area contributed by atoms with E-state index < -0.39 is 20.0 Å². The van der Waals surface area contributed by atoms with E-state index in [9.17, 15) is 9.18 Å². The van der Waals surface area contributed by atoms with Crippen LogP contribution in [0.1, 0.15) is 57.7 Å². The number of benzene rings is 1. The van der Waals surface area contributed by atoms with Gasteiger partial charge in [0, 0.05) is 5.69 Å². The van der Waals surface area contributed by atoms with Gasteiger partial charge in [0.15, 0.2) is 5.69 Å². The molecular weight excluding hydrogens is 445 g/mol. The Kier molecular flexibility index (Phi) is 7.52. The molecule has 2 aromatic rings. The van der Waals surface area contributed by atoms with Crippen LogP contribution in [0.2, 0.25) is 16.6 Å². The zero-order valence-corrected chi connectivity index (χ0v) is 19.6. The molecule has 0 fully saturated rings. The lowest BCUT2D eigenvalue weighted by Crippen LogP contribution is -2.47. The molecule has 0 spiro atoms. The maximum absolute atomic E-state index is 13.4. The summed E-state index contributed by atoms with van der Waals surface area (Å²) in [7, 11) is -2.12. The standard InChI is InChI=1S/C19H27BrFN3O3Si/c1-11(2)28(12(3)4,13(5)6)26-10-17-18(24-27-23-17)19(25)22-14-7-8-16(21)15(20)9-14/h7-9,11-13H,10H2,1-6H3,(H,22,25). The summed E-state index contributed by atoms with van der Waals surface area (Å²) in [6.45, 7) is 13.3. The number of hydrogen-bond acceptors (Lipinski definition) is 5. The van der Waals surface area contributed by atoms with Crippen LogP contribution >= 0.6 is 15.9 Å². The Morgan fingerprint density at radius 1 is 1.18 bits per heavy atom. The molecule has 154 valence electrons. The summed E-state index contributed by atoms with van der Waals surface area (Å²) in [6, 6.07) is 4.21. The Balaban J connectivity index is 2.18. The number of carbonyl (C=O) groups excluding carboxylic acids is 1. The fraction of sp³-hybridized carbons (Fsp3) is 0.526. The summed E-state index contributed by atoms with van der Waals surface area (Å²) < 4.78 is 24.9. The molecule has 6 nitrogen and oxygen atoms in total. The van der Waals surface area contributed by atoms with Crippen LogP contribution in [0.4, 0.5) is 10.1 Å². The Morgan fingerprint density at radius 3 is 2.32 bits per heavy atom. The van der Waals surface area contributed by atoms with E-state index in [0.29, 0.717) is 28.0 Å². The molecule has 1 heterocycles. The molecule has 1 aromatic carbocycles. The van der Waals surface area contributed by atoms with Gasteiger partial charge in [-0.15, -0.1) is 0 Å². The number of anilines is 1. The summed E-state index contributed by atoms with van der Waals surface area (Å²) in [4.78, 5) is 12.6. The fourth-order valence-corrected chi connectivity index (χ4v) is 9.70. The second-order valence-corrected chi connectivity index (χ2v) is 14.1. The Hall–Kier alpha value is -1.58. The highest BCUT2D eigenvalue weighted by Crippen LogP contribution is 2.42. The summed E-state index contributed by atoms with van der Waals surface area (Å²) in [5, 5.41) is 10.3. The molecule has 1 amide bonds. The number of hydrogen-bond donors (Lipinski definition) is 1. The van der Waals surface area contributed by atoms with Crippen molar-refractivity contribution in [3.8, 4) is 0 Å². The van der Waals surface area contributed by atoms with E-state index in [1.165, 1.54) is 18.2 Å². The zero-order chi connectivity index (χ0) is 21.1. The summed E-state index contributed by atoms with van der Waals surface area (Å²) in [5.41, 5.74) is 2.07. The van der Waals surface area contributed by atoms with Crippen molar-refractivity contribution in [2.45, 2.75) is 64.8 Å². The number of amides is 1. The molecule has 0 bridgehead atoms. The third-order valence-electron chi connectivity index (χ3n) is 5.12. The van der Waals surface area contributed by atoms with Crippen molar-refractivity contribution in [3.05, 3.63) is 39.9 Å². The Morgan fingerprint density at radius 2 is 1.79 bits per heavy atom. The first-order valence-corrected chi connectivity index (χ1v) is 12.2. The highest BCUT2D eigenvalue weighted by atomic mass is 79.9. The molecule has 0 saturated heterocycles. The minimum Gasteiger partial charge on any atom is -0.410 e. The molecule has 9 heteroatoms. The van der Waals surface area contributed by atoms with Gasteiger partial charge in [-0.05, 0) is 55.9 Å². The van der Waals surface area contributed by atoms with Crippen LogP contribution in [0.25, 0.3) is 0 Å². The van der Waals surface area contributed by atoms with Crippen molar-refractivity contribution in [2.24, 2.45) is 0 Å². The number of nitrogens with one attached hydrogen (secondary N) is 1.